The summed E-state index contributed by atoms with van der Waals surface area (Å²) >= 11 is 0.476. The summed E-state index contributed by atoms with van der Waals surface area (Å²) in [5.74, 6) is 0. The second-order valence-corrected chi connectivity index (χ2v) is 2.89. The van der Waals surface area contributed by atoms with Gasteiger partial charge in [0.05, 0.1) is 18.8 Å². The highest BCUT2D eigenvalue weighted by Crippen LogP contribution is 2.26. The summed E-state index contributed by atoms with van der Waals surface area (Å²) in [5, 5.41) is 17.6. The first-order chi connectivity index (χ1) is 4.77. The number of hydrogen-bond acceptors (Lipinski definition) is 5. The zero-order chi connectivity index (χ0) is 7.56. The summed E-state index contributed by atoms with van der Waals surface area (Å²) in [7, 11) is 0. The molecule has 4 nitrogen and oxygen atoms in total. The van der Waals surface area contributed by atoms with Crippen molar-refractivity contribution in [2.45, 2.75) is 24.1 Å². The lowest BCUT2D eigenvalue weighted by atomic mass is 10.2. The molecule has 0 amide bonds. The van der Waals surface area contributed by atoms with Gasteiger partial charge in [0.1, 0.15) is 0 Å². The fraction of sp³-hybridized carbons (Fsp3) is 1.00. The number of aliphatic hydroxyl groups excluding tert-OH is 2. The van der Waals surface area contributed by atoms with E-state index in [1.165, 1.54) is 0 Å². The summed E-state index contributed by atoms with van der Waals surface area (Å²) in [6.45, 7) is -0.103. The van der Waals surface area contributed by atoms with Gasteiger partial charge >= 0.3 is 0 Å². The van der Waals surface area contributed by atoms with Gasteiger partial charge in [-0.1, -0.05) is 0 Å². The zero-order valence-corrected chi connectivity index (χ0v) is 6.12. The van der Waals surface area contributed by atoms with Crippen molar-refractivity contribution in [3.05, 3.63) is 0 Å². The Balaban J connectivity index is 2.36. The lowest BCUT2D eigenvalue weighted by molar-refractivity contribution is 0.0326. The minimum atomic E-state index is -0.660. The molecular formula is C5H10O4S. The van der Waals surface area contributed by atoms with Crippen LogP contribution in [0.25, 0.3) is 0 Å². The van der Waals surface area contributed by atoms with Crippen LogP contribution in [0.4, 0.5) is 0 Å². The third-order valence-electron chi connectivity index (χ3n) is 1.45. The van der Waals surface area contributed by atoms with E-state index in [0.717, 1.165) is 0 Å². The Kier molecular flexibility index (Phi) is 2.94. The topological polar surface area (TPSA) is 69.9 Å². The van der Waals surface area contributed by atoms with Crippen molar-refractivity contribution in [1.29, 1.82) is 0 Å². The average Bonchev–Trinajstić information content (AvgIpc) is 2.30. The van der Waals surface area contributed by atoms with E-state index in [4.69, 9.17) is 19.5 Å². The average molecular weight is 166 g/mol. The standard InChI is InChI=1S/C5H10O4S/c6-2-3-1-4(7)5(9-3)10-8/h3-8H,1-2H2. The Labute approximate surface area is 63.0 Å². The summed E-state index contributed by atoms with van der Waals surface area (Å²) in [4.78, 5) is 0. The van der Waals surface area contributed by atoms with Crippen LogP contribution >= 0.6 is 12.0 Å². The van der Waals surface area contributed by atoms with Gasteiger partial charge in [0.15, 0.2) is 5.44 Å². The van der Waals surface area contributed by atoms with Gasteiger partial charge in [0.2, 0.25) is 0 Å². The van der Waals surface area contributed by atoms with Crippen LogP contribution in [0.3, 0.4) is 0 Å². The quantitative estimate of drug-likeness (QED) is 0.490. The number of rotatable bonds is 2. The highest BCUT2D eigenvalue weighted by molar-refractivity contribution is 7.94. The maximum absolute atomic E-state index is 9.07. The molecule has 0 saturated carbocycles. The summed E-state index contributed by atoms with van der Waals surface area (Å²) in [6.07, 6.45) is -0.582. The van der Waals surface area contributed by atoms with Gasteiger partial charge in [0.25, 0.3) is 0 Å². The molecule has 5 heteroatoms. The summed E-state index contributed by atoms with van der Waals surface area (Å²) in [5.41, 5.74) is -0.586. The monoisotopic (exact) mass is 166 g/mol. The van der Waals surface area contributed by atoms with Crippen molar-refractivity contribution in [2.24, 2.45) is 0 Å². The van der Waals surface area contributed by atoms with Gasteiger partial charge in [0, 0.05) is 18.5 Å². The number of hydrogen-bond donors (Lipinski definition) is 3. The highest BCUT2D eigenvalue weighted by atomic mass is 32.2. The van der Waals surface area contributed by atoms with E-state index in [2.05, 4.69) is 0 Å². The molecule has 0 aliphatic carbocycles. The van der Waals surface area contributed by atoms with Crippen LogP contribution in [0, 0.1) is 0 Å². The van der Waals surface area contributed by atoms with E-state index in [9.17, 15) is 0 Å². The molecule has 1 fully saturated rings. The third kappa shape index (κ3) is 1.62. The van der Waals surface area contributed by atoms with E-state index in [0.29, 0.717) is 18.5 Å². The van der Waals surface area contributed by atoms with Crippen LogP contribution in [0.2, 0.25) is 0 Å². The van der Waals surface area contributed by atoms with Crippen LogP contribution in [0.5, 0.6) is 0 Å². The Hall–Kier alpha value is 0.190. The van der Waals surface area contributed by atoms with E-state index in [-0.39, 0.29) is 12.7 Å². The first kappa shape index (κ1) is 8.29. The molecule has 1 rings (SSSR count). The Morgan fingerprint density at radius 1 is 1.60 bits per heavy atom. The van der Waals surface area contributed by atoms with Crippen LogP contribution in [-0.2, 0) is 4.74 Å². The van der Waals surface area contributed by atoms with Crippen molar-refractivity contribution < 1.29 is 19.5 Å². The Morgan fingerprint density at radius 2 is 2.30 bits per heavy atom. The van der Waals surface area contributed by atoms with Gasteiger partial charge in [-0.3, -0.25) is 0 Å². The smallest absolute Gasteiger partial charge is 0.154 e. The second kappa shape index (κ2) is 3.54. The van der Waals surface area contributed by atoms with Gasteiger partial charge in [-0.15, -0.1) is 0 Å². The number of ether oxygens (including phenoxy) is 1. The van der Waals surface area contributed by atoms with Crippen molar-refractivity contribution >= 4 is 12.0 Å². The maximum Gasteiger partial charge on any atom is 0.154 e. The van der Waals surface area contributed by atoms with E-state index in [1.54, 1.807) is 0 Å². The molecule has 3 atom stereocenters. The van der Waals surface area contributed by atoms with Gasteiger partial charge in [-0.05, 0) is 0 Å². The van der Waals surface area contributed by atoms with E-state index in [1.807, 2.05) is 0 Å². The molecule has 1 heterocycles. The molecule has 3 unspecified atom stereocenters. The van der Waals surface area contributed by atoms with Gasteiger partial charge in [-0.25, -0.2) is 0 Å². The van der Waals surface area contributed by atoms with Crippen LogP contribution in [0.15, 0.2) is 0 Å². The number of aliphatic hydroxyl groups is 2. The third-order valence-corrected chi connectivity index (χ3v) is 2.09. The molecule has 0 spiro atoms. The summed E-state index contributed by atoms with van der Waals surface area (Å²) < 4.78 is 13.5. The minimum absolute atomic E-state index is 0.103. The molecule has 0 radical (unpaired) electrons. The normalized spacial score (nSPS) is 40.5. The first-order valence-corrected chi connectivity index (χ1v) is 3.86. The molecule has 1 aliphatic rings. The predicted molar refractivity (Wildman–Crippen MR) is 36.6 cm³/mol. The van der Waals surface area contributed by atoms with Crippen LogP contribution in [-0.4, -0.2) is 39.0 Å². The van der Waals surface area contributed by atoms with Gasteiger partial charge in [-0.2, -0.15) is 0 Å². The molecule has 0 aromatic heterocycles. The molecule has 0 bridgehead atoms. The Bertz CT molecular complexity index is 110. The highest BCUT2D eigenvalue weighted by Gasteiger charge is 2.33. The molecule has 1 saturated heterocycles. The molecular weight excluding hydrogens is 156 g/mol. The molecule has 0 aromatic rings. The lowest BCUT2D eigenvalue weighted by Gasteiger charge is -2.08. The van der Waals surface area contributed by atoms with Crippen molar-refractivity contribution in [2.75, 3.05) is 6.61 Å². The maximum atomic E-state index is 9.07. The second-order valence-electron chi connectivity index (χ2n) is 2.22. The van der Waals surface area contributed by atoms with Crippen molar-refractivity contribution in [1.82, 2.24) is 0 Å². The van der Waals surface area contributed by atoms with E-state index >= 15 is 0 Å². The predicted octanol–water partition coefficient (Wildman–Crippen LogP) is -0.339. The zero-order valence-electron chi connectivity index (χ0n) is 5.30. The lowest BCUT2D eigenvalue weighted by Crippen LogP contribution is -2.15. The minimum Gasteiger partial charge on any atom is -0.394 e. The van der Waals surface area contributed by atoms with E-state index < -0.39 is 11.5 Å². The van der Waals surface area contributed by atoms with Crippen LogP contribution in [0.1, 0.15) is 6.42 Å². The summed E-state index contributed by atoms with van der Waals surface area (Å²) in [6, 6.07) is 0. The van der Waals surface area contributed by atoms with Crippen molar-refractivity contribution in [3.63, 3.8) is 0 Å². The molecule has 60 valence electrons. The SMILES string of the molecule is OCC1CC(O)C(SO)O1. The van der Waals surface area contributed by atoms with Crippen LogP contribution < -0.4 is 0 Å². The van der Waals surface area contributed by atoms with Crippen molar-refractivity contribution in [3.8, 4) is 0 Å². The first-order valence-electron chi connectivity index (χ1n) is 3.02. The Morgan fingerprint density at radius 3 is 2.60 bits per heavy atom. The molecule has 3 N–H and O–H groups in total. The fourth-order valence-corrected chi connectivity index (χ4v) is 1.39. The molecule has 1 aliphatic heterocycles. The molecule has 0 aromatic carbocycles. The van der Waals surface area contributed by atoms with Gasteiger partial charge < -0.3 is 19.5 Å². The largest absolute Gasteiger partial charge is 0.394 e. The molecule has 10 heavy (non-hydrogen) atoms. The fourth-order valence-electron chi connectivity index (χ4n) is 0.929.